The van der Waals surface area contributed by atoms with Crippen molar-refractivity contribution >= 4 is 17.2 Å². The van der Waals surface area contributed by atoms with E-state index in [0.717, 1.165) is 29.3 Å². The molecule has 0 saturated heterocycles. The monoisotopic (exact) mass is 310 g/mol. The number of hydrogen-bond donors (Lipinski definition) is 0. The molecule has 5 nitrogen and oxygen atoms in total. The van der Waals surface area contributed by atoms with Crippen LogP contribution in [0.2, 0.25) is 0 Å². The van der Waals surface area contributed by atoms with E-state index in [4.69, 9.17) is 0 Å². The average molecular weight is 310 g/mol. The van der Waals surface area contributed by atoms with Crippen LogP contribution < -0.4 is 0 Å². The topological polar surface area (TPSA) is 51.0 Å². The molecule has 0 atom stereocenters. The molecule has 22 heavy (non-hydrogen) atoms. The van der Waals surface area contributed by atoms with Gasteiger partial charge in [-0.15, -0.1) is 10.2 Å². The SMILES string of the molecule is O=C(c1ccsc1)N1CCn2c(nnc2-c2ccccc2)C1. The largest absolute Gasteiger partial charge is 0.329 e. The molecule has 6 heteroatoms. The third-order valence-corrected chi connectivity index (χ3v) is 4.52. The van der Waals surface area contributed by atoms with Crippen LogP contribution in [0.4, 0.5) is 0 Å². The summed E-state index contributed by atoms with van der Waals surface area (Å²) in [5, 5.41) is 12.4. The lowest BCUT2D eigenvalue weighted by Crippen LogP contribution is -2.38. The lowest BCUT2D eigenvalue weighted by molar-refractivity contribution is 0.0708. The minimum atomic E-state index is 0.0664. The van der Waals surface area contributed by atoms with E-state index in [1.54, 1.807) is 0 Å². The molecule has 1 aromatic carbocycles. The van der Waals surface area contributed by atoms with Crippen molar-refractivity contribution in [2.45, 2.75) is 13.1 Å². The smallest absolute Gasteiger partial charge is 0.255 e. The van der Waals surface area contributed by atoms with E-state index in [9.17, 15) is 4.79 Å². The van der Waals surface area contributed by atoms with Crippen molar-refractivity contribution in [2.24, 2.45) is 0 Å². The van der Waals surface area contributed by atoms with Crippen LogP contribution in [0, 0.1) is 0 Å². The van der Waals surface area contributed by atoms with Crippen LogP contribution in [0.25, 0.3) is 11.4 Å². The number of amides is 1. The number of carbonyl (C=O) groups excluding carboxylic acids is 1. The van der Waals surface area contributed by atoms with Gasteiger partial charge in [-0.25, -0.2) is 0 Å². The first-order valence-electron chi connectivity index (χ1n) is 7.12. The maximum absolute atomic E-state index is 12.4. The van der Waals surface area contributed by atoms with Crippen LogP contribution in [0.3, 0.4) is 0 Å². The van der Waals surface area contributed by atoms with E-state index >= 15 is 0 Å². The Hall–Kier alpha value is -2.47. The van der Waals surface area contributed by atoms with E-state index in [0.29, 0.717) is 13.1 Å². The number of rotatable bonds is 2. The van der Waals surface area contributed by atoms with Crippen LogP contribution in [0.15, 0.2) is 47.2 Å². The summed E-state index contributed by atoms with van der Waals surface area (Å²) in [5.41, 5.74) is 1.81. The number of fused-ring (bicyclic) bond motifs is 1. The van der Waals surface area contributed by atoms with E-state index in [1.165, 1.54) is 11.3 Å². The molecule has 0 N–H and O–H groups in total. The highest BCUT2D eigenvalue weighted by Crippen LogP contribution is 2.22. The summed E-state index contributed by atoms with van der Waals surface area (Å²) < 4.78 is 2.10. The first kappa shape index (κ1) is 13.2. The number of hydrogen-bond acceptors (Lipinski definition) is 4. The molecule has 1 amide bonds. The van der Waals surface area contributed by atoms with Crippen molar-refractivity contribution in [3.63, 3.8) is 0 Å². The minimum Gasteiger partial charge on any atom is -0.329 e. The predicted molar refractivity (Wildman–Crippen MR) is 84.5 cm³/mol. The van der Waals surface area contributed by atoms with Gasteiger partial charge < -0.3 is 9.47 Å². The zero-order valence-electron chi connectivity index (χ0n) is 11.8. The second kappa shape index (κ2) is 5.38. The van der Waals surface area contributed by atoms with Gasteiger partial charge in [-0.2, -0.15) is 11.3 Å². The van der Waals surface area contributed by atoms with Gasteiger partial charge in [0.1, 0.15) is 0 Å². The summed E-state index contributed by atoms with van der Waals surface area (Å²) in [7, 11) is 0. The van der Waals surface area contributed by atoms with Crippen molar-refractivity contribution in [3.8, 4) is 11.4 Å². The third-order valence-electron chi connectivity index (χ3n) is 3.84. The highest BCUT2D eigenvalue weighted by molar-refractivity contribution is 7.08. The molecule has 4 rings (SSSR count). The molecule has 1 aliphatic rings. The molecule has 0 spiro atoms. The first-order chi connectivity index (χ1) is 10.8. The second-order valence-corrected chi connectivity index (χ2v) is 5.98. The van der Waals surface area contributed by atoms with Crippen LogP contribution in [-0.2, 0) is 13.1 Å². The molecule has 1 aliphatic heterocycles. The zero-order valence-corrected chi connectivity index (χ0v) is 12.7. The van der Waals surface area contributed by atoms with Gasteiger partial charge in [0.2, 0.25) is 0 Å². The Morgan fingerprint density at radius 1 is 1.09 bits per heavy atom. The van der Waals surface area contributed by atoms with E-state index in [1.807, 2.05) is 52.1 Å². The minimum absolute atomic E-state index is 0.0664. The molecule has 110 valence electrons. The van der Waals surface area contributed by atoms with Gasteiger partial charge in [0.05, 0.1) is 12.1 Å². The summed E-state index contributed by atoms with van der Waals surface area (Å²) >= 11 is 1.54. The van der Waals surface area contributed by atoms with Crippen LogP contribution in [-0.4, -0.2) is 32.1 Å². The Morgan fingerprint density at radius 3 is 2.73 bits per heavy atom. The highest BCUT2D eigenvalue weighted by atomic mass is 32.1. The van der Waals surface area contributed by atoms with Crippen molar-refractivity contribution < 1.29 is 4.79 Å². The Morgan fingerprint density at radius 2 is 1.95 bits per heavy atom. The van der Waals surface area contributed by atoms with Crippen LogP contribution in [0.1, 0.15) is 16.2 Å². The fraction of sp³-hybridized carbons (Fsp3) is 0.188. The quantitative estimate of drug-likeness (QED) is 0.731. The maximum atomic E-state index is 12.4. The van der Waals surface area contributed by atoms with Crippen LogP contribution >= 0.6 is 11.3 Å². The summed E-state index contributed by atoms with van der Waals surface area (Å²) in [5.74, 6) is 1.78. The average Bonchev–Trinajstić information content (AvgIpc) is 3.24. The Kier molecular flexibility index (Phi) is 3.23. The molecule has 0 saturated carbocycles. The zero-order chi connectivity index (χ0) is 14.9. The molecular formula is C16H14N4OS. The van der Waals surface area contributed by atoms with E-state index < -0.39 is 0 Å². The fourth-order valence-corrected chi connectivity index (χ4v) is 3.33. The molecule has 0 fully saturated rings. The molecule has 0 bridgehead atoms. The highest BCUT2D eigenvalue weighted by Gasteiger charge is 2.25. The second-order valence-electron chi connectivity index (χ2n) is 5.20. The van der Waals surface area contributed by atoms with Gasteiger partial charge in [0, 0.05) is 24.0 Å². The van der Waals surface area contributed by atoms with Gasteiger partial charge in [0.25, 0.3) is 5.91 Å². The summed E-state index contributed by atoms with van der Waals surface area (Å²) in [6.45, 7) is 1.91. The van der Waals surface area contributed by atoms with Gasteiger partial charge in [-0.05, 0) is 11.4 Å². The molecule has 0 aliphatic carbocycles. The molecule has 0 unspecified atom stereocenters. The van der Waals surface area contributed by atoms with Crippen molar-refractivity contribution in [1.82, 2.24) is 19.7 Å². The molecule has 3 heterocycles. The van der Waals surface area contributed by atoms with E-state index in [2.05, 4.69) is 14.8 Å². The Balaban J connectivity index is 1.61. The van der Waals surface area contributed by atoms with Crippen LogP contribution in [0.5, 0.6) is 0 Å². The van der Waals surface area contributed by atoms with Crippen molar-refractivity contribution in [1.29, 1.82) is 0 Å². The molecule has 2 aromatic heterocycles. The Bertz CT molecular complexity index is 795. The summed E-state index contributed by atoms with van der Waals surface area (Å²) in [6, 6.07) is 11.9. The number of benzene rings is 1. The van der Waals surface area contributed by atoms with Gasteiger partial charge in [0.15, 0.2) is 11.6 Å². The lowest BCUT2D eigenvalue weighted by atomic mass is 10.2. The predicted octanol–water partition coefficient (Wildman–Crippen LogP) is 2.66. The van der Waals surface area contributed by atoms with Gasteiger partial charge in [-0.1, -0.05) is 30.3 Å². The van der Waals surface area contributed by atoms with E-state index in [-0.39, 0.29) is 5.91 Å². The molecule has 3 aromatic rings. The van der Waals surface area contributed by atoms with Gasteiger partial charge in [-0.3, -0.25) is 4.79 Å². The van der Waals surface area contributed by atoms with Gasteiger partial charge >= 0.3 is 0 Å². The standard InChI is InChI=1S/C16H14N4OS/c21-16(13-6-9-22-11-13)19-7-8-20-14(10-19)17-18-15(20)12-4-2-1-3-5-12/h1-6,9,11H,7-8,10H2. The summed E-state index contributed by atoms with van der Waals surface area (Å²) in [6.07, 6.45) is 0. The first-order valence-corrected chi connectivity index (χ1v) is 8.06. The maximum Gasteiger partial charge on any atom is 0.255 e. The van der Waals surface area contributed by atoms with Crippen molar-refractivity contribution in [2.75, 3.05) is 6.54 Å². The fourth-order valence-electron chi connectivity index (χ4n) is 2.70. The lowest BCUT2D eigenvalue weighted by Gasteiger charge is -2.27. The number of thiophene rings is 1. The molecule has 0 radical (unpaired) electrons. The normalized spacial score (nSPS) is 13.9. The van der Waals surface area contributed by atoms with Crippen molar-refractivity contribution in [3.05, 3.63) is 58.5 Å². The number of nitrogens with zero attached hydrogens (tertiary/aromatic N) is 4. The molecular weight excluding hydrogens is 296 g/mol. The number of aromatic nitrogens is 3. The third kappa shape index (κ3) is 2.21. The number of carbonyl (C=O) groups is 1. The Labute approximate surface area is 131 Å². The summed E-state index contributed by atoms with van der Waals surface area (Å²) in [4.78, 5) is 14.3.